The van der Waals surface area contributed by atoms with Crippen LogP contribution in [0.3, 0.4) is 0 Å². The van der Waals surface area contributed by atoms with Gasteiger partial charge in [0.2, 0.25) is 0 Å². The van der Waals surface area contributed by atoms with E-state index in [4.69, 9.17) is 5.73 Å². The molecule has 1 aromatic carbocycles. The maximum absolute atomic E-state index is 13.4. The molecular formula is C11H11FN4OS. The second kappa shape index (κ2) is 5.01. The largest absolute Gasteiger partial charge is 0.382 e. The monoisotopic (exact) mass is 266 g/mol. The number of hydrogen-bond donors (Lipinski definition) is 3. The Kier molecular flexibility index (Phi) is 3.42. The van der Waals surface area contributed by atoms with Crippen molar-refractivity contribution in [1.82, 2.24) is 4.98 Å². The maximum atomic E-state index is 13.4. The topological polar surface area (TPSA) is 80.0 Å². The van der Waals surface area contributed by atoms with E-state index in [0.717, 1.165) is 11.3 Å². The van der Waals surface area contributed by atoms with Gasteiger partial charge in [-0.2, -0.15) is 0 Å². The quantitative estimate of drug-likeness (QED) is 0.795. The van der Waals surface area contributed by atoms with Crippen LogP contribution in [0.15, 0.2) is 24.3 Å². The normalized spacial score (nSPS) is 10.1. The lowest BCUT2D eigenvalue weighted by atomic mass is 10.3. The molecule has 94 valence electrons. The van der Waals surface area contributed by atoms with Gasteiger partial charge < -0.3 is 16.4 Å². The third kappa shape index (κ3) is 2.40. The minimum atomic E-state index is -0.497. The van der Waals surface area contributed by atoms with Crippen LogP contribution < -0.4 is 16.4 Å². The Morgan fingerprint density at radius 2 is 2.17 bits per heavy atom. The number of nitrogens with one attached hydrogen (secondary N) is 2. The predicted octanol–water partition coefficient (Wildman–Crippen LogP) is 2.16. The van der Waals surface area contributed by atoms with Crippen LogP contribution in [0.5, 0.6) is 0 Å². The summed E-state index contributed by atoms with van der Waals surface area (Å²) in [6.07, 6.45) is 0. The van der Waals surface area contributed by atoms with Crippen molar-refractivity contribution in [2.24, 2.45) is 0 Å². The van der Waals surface area contributed by atoms with Crippen molar-refractivity contribution in [1.29, 1.82) is 0 Å². The number of halogens is 1. The van der Waals surface area contributed by atoms with Gasteiger partial charge >= 0.3 is 0 Å². The summed E-state index contributed by atoms with van der Waals surface area (Å²) < 4.78 is 13.4. The van der Waals surface area contributed by atoms with E-state index in [1.807, 2.05) is 0 Å². The fraction of sp³-hybridized carbons (Fsp3) is 0.0909. The third-order valence-corrected chi connectivity index (χ3v) is 3.28. The Morgan fingerprint density at radius 1 is 1.44 bits per heavy atom. The van der Waals surface area contributed by atoms with E-state index in [-0.39, 0.29) is 16.4 Å². The highest BCUT2D eigenvalue weighted by atomic mass is 32.1. The molecule has 0 unspecified atom stereocenters. The number of amides is 1. The second-order valence-corrected chi connectivity index (χ2v) is 4.42. The first-order chi connectivity index (χ1) is 8.61. The van der Waals surface area contributed by atoms with Crippen LogP contribution in [-0.4, -0.2) is 17.9 Å². The fourth-order valence-electron chi connectivity index (χ4n) is 1.34. The summed E-state index contributed by atoms with van der Waals surface area (Å²) >= 11 is 1.11. The maximum Gasteiger partial charge on any atom is 0.269 e. The molecule has 2 rings (SSSR count). The number of carbonyl (C=O) groups excluding carboxylic acids is 1. The number of nitrogens with two attached hydrogens (primary N) is 1. The molecule has 0 saturated heterocycles. The van der Waals surface area contributed by atoms with Crippen LogP contribution in [0.2, 0.25) is 0 Å². The molecule has 0 aliphatic rings. The highest BCUT2D eigenvalue weighted by Gasteiger charge is 2.16. The van der Waals surface area contributed by atoms with E-state index >= 15 is 0 Å². The van der Waals surface area contributed by atoms with Crippen LogP contribution in [0.1, 0.15) is 9.67 Å². The number of carbonyl (C=O) groups is 1. The van der Waals surface area contributed by atoms with E-state index in [2.05, 4.69) is 15.6 Å². The first-order valence-corrected chi connectivity index (χ1v) is 5.93. The van der Waals surface area contributed by atoms with Crippen LogP contribution >= 0.6 is 11.3 Å². The molecule has 0 bridgehead atoms. The summed E-state index contributed by atoms with van der Waals surface area (Å²) in [5, 5.41) is 5.78. The number of hydrogen-bond acceptors (Lipinski definition) is 5. The van der Waals surface area contributed by atoms with Crippen LogP contribution in [0.4, 0.5) is 21.0 Å². The van der Waals surface area contributed by atoms with E-state index in [1.165, 1.54) is 12.1 Å². The van der Waals surface area contributed by atoms with E-state index < -0.39 is 11.7 Å². The molecule has 0 saturated carbocycles. The first kappa shape index (κ1) is 12.3. The Hall–Kier alpha value is -2.15. The third-order valence-electron chi connectivity index (χ3n) is 2.20. The molecule has 1 aromatic heterocycles. The molecule has 5 nitrogen and oxygen atoms in total. The number of nitrogen functional groups attached to an aromatic ring is 1. The van der Waals surface area contributed by atoms with Gasteiger partial charge in [-0.3, -0.25) is 4.79 Å². The summed E-state index contributed by atoms with van der Waals surface area (Å²) in [6.45, 7) is 0. The summed E-state index contributed by atoms with van der Waals surface area (Å²) in [5.41, 5.74) is 5.73. The lowest BCUT2D eigenvalue weighted by Crippen LogP contribution is -2.13. The van der Waals surface area contributed by atoms with Crippen LogP contribution in [0, 0.1) is 5.82 Å². The van der Waals surface area contributed by atoms with E-state index in [9.17, 15) is 9.18 Å². The van der Waals surface area contributed by atoms with Crippen molar-refractivity contribution in [2.45, 2.75) is 0 Å². The number of para-hydroxylation sites is 1. The molecule has 0 spiro atoms. The first-order valence-electron chi connectivity index (χ1n) is 5.11. The van der Waals surface area contributed by atoms with Gasteiger partial charge in [0, 0.05) is 7.05 Å². The van der Waals surface area contributed by atoms with Crippen LogP contribution in [-0.2, 0) is 0 Å². The molecule has 2 aromatic rings. The lowest BCUT2D eigenvalue weighted by molar-refractivity contribution is 0.103. The SMILES string of the molecule is CNc1nc(N)c(C(=O)Nc2ccccc2F)s1. The number of aromatic nitrogens is 1. The zero-order valence-electron chi connectivity index (χ0n) is 9.53. The molecule has 18 heavy (non-hydrogen) atoms. The molecule has 1 heterocycles. The molecule has 7 heteroatoms. The van der Waals surface area contributed by atoms with E-state index in [1.54, 1.807) is 19.2 Å². The molecule has 0 fully saturated rings. The standard InChI is InChI=1S/C11H11FN4OS/c1-14-11-16-9(13)8(18-11)10(17)15-7-5-3-2-4-6(7)12/h2-5H,13H2,1H3,(H,14,16)(H,15,17). The average Bonchev–Trinajstić information content (AvgIpc) is 2.73. The molecule has 0 radical (unpaired) electrons. The van der Waals surface area contributed by atoms with Gasteiger partial charge in [0.25, 0.3) is 5.91 Å². The number of anilines is 3. The van der Waals surface area contributed by atoms with Gasteiger partial charge in [0.1, 0.15) is 16.5 Å². The molecular weight excluding hydrogens is 255 g/mol. The minimum absolute atomic E-state index is 0.112. The summed E-state index contributed by atoms with van der Waals surface area (Å²) in [6, 6.07) is 5.92. The highest BCUT2D eigenvalue weighted by molar-refractivity contribution is 7.18. The van der Waals surface area contributed by atoms with Crippen molar-refractivity contribution < 1.29 is 9.18 Å². The summed E-state index contributed by atoms with van der Waals surface area (Å²) in [7, 11) is 1.68. The van der Waals surface area contributed by atoms with Gasteiger partial charge in [0.05, 0.1) is 5.69 Å². The summed E-state index contributed by atoms with van der Waals surface area (Å²) in [4.78, 5) is 16.1. The van der Waals surface area contributed by atoms with Gasteiger partial charge in [-0.05, 0) is 12.1 Å². The minimum Gasteiger partial charge on any atom is -0.382 e. The van der Waals surface area contributed by atoms with Gasteiger partial charge in [-0.25, -0.2) is 9.37 Å². The molecule has 1 amide bonds. The highest BCUT2D eigenvalue weighted by Crippen LogP contribution is 2.25. The smallest absolute Gasteiger partial charge is 0.269 e. The van der Waals surface area contributed by atoms with Crippen molar-refractivity contribution >= 4 is 33.9 Å². The van der Waals surface area contributed by atoms with Crippen molar-refractivity contribution in [3.8, 4) is 0 Å². The van der Waals surface area contributed by atoms with Gasteiger partial charge in [-0.1, -0.05) is 23.5 Å². The zero-order chi connectivity index (χ0) is 13.1. The number of thiazole rings is 1. The lowest BCUT2D eigenvalue weighted by Gasteiger charge is -2.04. The molecule has 0 aliphatic heterocycles. The number of rotatable bonds is 3. The summed E-state index contributed by atoms with van der Waals surface area (Å²) in [5.74, 6) is -0.849. The average molecular weight is 266 g/mol. The molecule has 4 N–H and O–H groups in total. The Balaban J connectivity index is 2.22. The molecule has 0 atom stereocenters. The Labute approximate surface area is 107 Å². The Bertz CT molecular complexity index is 584. The van der Waals surface area contributed by atoms with E-state index in [0.29, 0.717) is 5.13 Å². The van der Waals surface area contributed by atoms with Gasteiger partial charge in [-0.15, -0.1) is 0 Å². The number of nitrogens with zero attached hydrogens (tertiary/aromatic N) is 1. The van der Waals surface area contributed by atoms with Crippen molar-refractivity contribution in [3.63, 3.8) is 0 Å². The van der Waals surface area contributed by atoms with Gasteiger partial charge in [0.15, 0.2) is 5.13 Å². The van der Waals surface area contributed by atoms with Crippen molar-refractivity contribution in [2.75, 3.05) is 23.4 Å². The predicted molar refractivity (Wildman–Crippen MR) is 70.4 cm³/mol. The van der Waals surface area contributed by atoms with Crippen molar-refractivity contribution in [3.05, 3.63) is 35.0 Å². The number of benzene rings is 1. The molecule has 0 aliphatic carbocycles. The Morgan fingerprint density at radius 3 is 2.78 bits per heavy atom. The fourth-order valence-corrected chi connectivity index (χ4v) is 2.08. The van der Waals surface area contributed by atoms with Crippen LogP contribution in [0.25, 0.3) is 0 Å². The second-order valence-electron chi connectivity index (χ2n) is 3.42. The zero-order valence-corrected chi connectivity index (χ0v) is 10.3.